The Morgan fingerprint density at radius 2 is 1.88 bits per heavy atom. The molecule has 0 aromatic rings. The van der Waals surface area contributed by atoms with Gasteiger partial charge >= 0.3 is 12.1 Å². The fourth-order valence-corrected chi connectivity index (χ4v) is 1.79. The van der Waals surface area contributed by atoms with Gasteiger partial charge in [-0.3, -0.25) is 4.79 Å². The molecule has 0 spiro atoms. The maximum atomic E-state index is 11.8. The summed E-state index contributed by atoms with van der Waals surface area (Å²) in [5.41, 5.74) is -0.636. The number of hydrogen-bond acceptors (Lipinski definition) is 4. The molecule has 2 N–H and O–H groups in total. The van der Waals surface area contributed by atoms with Crippen molar-refractivity contribution in [3.63, 3.8) is 0 Å². The summed E-state index contributed by atoms with van der Waals surface area (Å²) in [5.74, 6) is -2.05. The van der Waals surface area contributed by atoms with Crippen molar-refractivity contribution >= 4 is 12.1 Å². The summed E-state index contributed by atoms with van der Waals surface area (Å²) in [4.78, 5) is 23.9. The molecule has 0 radical (unpaired) electrons. The van der Waals surface area contributed by atoms with Crippen molar-refractivity contribution in [3.05, 3.63) is 0 Å². The van der Waals surface area contributed by atoms with Crippen molar-refractivity contribution in [2.24, 2.45) is 5.92 Å². The van der Waals surface area contributed by atoms with Gasteiger partial charge in [-0.2, -0.15) is 0 Å². The highest BCUT2D eigenvalue weighted by Gasteiger charge is 2.45. The van der Waals surface area contributed by atoms with E-state index in [-0.39, 0.29) is 6.54 Å². The van der Waals surface area contributed by atoms with E-state index in [1.54, 1.807) is 27.7 Å². The molecule has 0 bridgehead atoms. The molecule has 1 heterocycles. The van der Waals surface area contributed by atoms with Crippen LogP contribution in [0.3, 0.4) is 0 Å². The van der Waals surface area contributed by atoms with Gasteiger partial charge in [-0.15, -0.1) is 0 Å². The number of aliphatic hydroxyl groups excluding tert-OH is 1. The standard InChI is InChI=1S/C11H19NO5/c1-6-8(13)7(9(14)15)5-12(6)10(16)17-11(2,3)4/h6-8,13H,5H2,1-4H3,(H,14,15)/t6?,7?,8-/m1/s1. The Morgan fingerprint density at radius 3 is 2.24 bits per heavy atom. The fourth-order valence-electron chi connectivity index (χ4n) is 1.79. The van der Waals surface area contributed by atoms with E-state index < -0.39 is 35.7 Å². The molecule has 6 nitrogen and oxygen atoms in total. The van der Waals surface area contributed by atoms with Crippen LogP contribution < -0.4 is 0 Å². The van der Waals surface area contributed by atoms with Crippen molar-refractivity contribution < 1.29 is 24.5 Å². The maximum absolute atomic E-state index is 11.8. The lowest BCUT2D eigenvalue weighted by Gasteiger charge is -2.27. The summed E-state index contributed by atoms with van der Waals surface area (Å²) in [6, 6.07) is -0.550. The van der Waals surface area contributed by atoms with Gasteiger partial charge in [0.2, 0.25) is 0 Å². The highest BCUT2D eigenvalue weighted by atomic mass is 16.6. The van der Waals surface area contributed by atoms with Crippen molar-refractivity contribution in [3.8, 4) is 0 Å². The first kappa shape index (κ1) is 13.8. The van der Waals surface area contributed by atoms with E-state index in [1.807, 2.05) is 0 Å². The monoisotopic (exact) mass is 245 g/mol. The van der Waals surface area contributed by atoms with Crippen LogP contribution in [-0.4, -0.2) is 51.5 Å². The van der Waals surface area contributed by atoms with Crippen LogP contribution >= 0.6 is 0 Å². The number of carboxylic acid groups (broad SMARTS) is 1. The molecule has 1 amide bonds. The van der Waals surface area contributed by atoms with Crippen LogP contribution in [0.2, 0.25) is 0 Å². The molecule has 1 saturated heterocycles. The number of carbonyl (C=O) groups is 2. The second kappa shape index (κ2) is 4.52. The summed E-state index contributed by atoms with van der Waals surface area (Å²) in [6.07, 6.45) is -1.65. The first-order valence-electron chi connectivity index (χ1n) is 5.54. The summed E-state index contributed by atoms with van der Waals surface area (Å²) in [7, 11) is 0. The van der Waals surface area contributed by atoms with Crippen LogP contribution in [0.5, 0.6) is 0 Å². The Labute approximate surface area is 100 Å². The summed E-state index contributed by atoms with van der Waals surface area (Å²) in [6.45, 7) is 6.79. The highest BCUT2D eigenvalue weighted by molar-refractivity contribution is 5.75. The van der Waals surface area contributed by atoms with E-state index in [2.05, 4.69) is 0 Å². The van der Waals surface area contributed by atoms with Crippen LogP contribution in [0.4, 0.5) is 4.79 Å². The largest absolute Gasteiger partial charge is 0.481 e. The lowest BCUT2D eigenvalue weighted by Crippen LogP contribution is -2.40. The zero-order valence-corrected chi connectivity index (χ0v) is 10.5. The molecule has 0 aromatic heterocycles. The molecule has 6 heteroatoms. The Hall–Kier alpha value is -1.30. The molecule has 0 saturated carbocycles. The molecule has 98 valence electrons. The number of nitrogens with zero attached hydrogens (tertiary/aromatic N) is 1. The number of rotatable bonds is 1. The minimum atomic E-state index is -1.10. The summed E-state index contributed by atoms with van der Waals surface area (Å²) in [5, 5.41) is 18.6. The second-order valence-electron chi connectivity index (χ2n) is 5.31. The SMILES string of the molecule is CC1[C@@H](O)C(C(=O)O)CN1C(=O)OC(C)(C)C. The van der Waals surface area contributed by atoms with E-state index in [1.165, 1.54) is 4.90 Å². The third-order valence-electron chi connectivity index (χ3n) is 2.74. The smallest absolute Gasteiger partial charge is 0.410 e. The van der Waals surface area contributed by atoms with E-state index in [0.29, 0.717) is 0 Å². The number of hydrogen-bond donors (Lipinski definition) is 2. The lowest BCUT2D eigenvalue weighted by molar-refractivity contribution is -0.144. The average Bonchev–Trinajstić information content (AvgIpc) is 2.41. The zero-order valence-electron chi connectivity index (χ0n) is 10.5. The molecule has 17 heavy (non-hydrogen) atoms. The quantitative estimate of drug-likeness (QED) is 0.709. The predicted octanol–water partition coefficient (Wildman–Crippen LogP) is 0.687. The number of amides is 1. The third kappa shape index (κ3) is 3.09. The minimum Gasteiger partial charge on any atom is -0.481 e. The van der Waals surface area contributed by atoms with Gasteiger partial charge in [0.15, 0.2) is 0 Å². The number of carbonyl (C=O) groups excluding carboxylic acids is 1. The van der Waals surface area contributed by atoms with Crippen molar-refractivity contribution in [2.75, 3.05) is 6.54 Å². The molecule has 1 rings (SSSR count). The predicted molar refractivity (Wildman–Crippen MR) is 59.5 cm³/mol. The van der Waals surface area contributed by atoms with Crippen LogP contribution in [0, 0.1) is 5.92 Å². The van der Waals surface area contributed by atoms with Crippen LogP contribution in [-0.2, 0) is 9.53 Å². The van der Waals surface area contributed by atoms with Gasteiger partial charge in [0, 0.05) is 6.54 Å². The maximum Gasteiger partial charge on any atom is 0.410 e. The van der Waals surface area contributed by atoms with Gasteiger partial charge in [-0.05, 0) is 27.7 Å². The van der Waals surface area contributed by atoms with Gasteiger partial charge in [-0.1, -0.05) is 0 Å². The van der Waals surface area contributed by atoms with E-state index in [0.717, 1.165) is 0 Å². The molecule has 1 aliphatic heterocycles. The highest BCUT2D eigenvalue weighted by Crippen LogP contribution is 2.25. The van der Waals surface area contributed by atoms with Crippen LogP contribution in [0.15, 0.2) is 0 Å². The molecule has 2 unspecified atom stereocenters. The number of likely N-dealkylation sites (tertiary alicyclic amines) is 1. The Balaban J connectivity index is 2.74. The number of carboxylic acids is 1. The first-order chi connectivity index (χ1) is 7.63. The zero-order chi connectivity index (χ0) is 13.4. The second-order valence-corrected chi connectivity index (χ2v) is 5.31. The molecular weight excluding hydrogens is 226 g/mol. The number of ether oxygens (including phenoxy) is 1. The van der Waals surface area contributed by atoms with Crippen LogP contribution in [0.25, 0.3) is 0 Å². The lowest BCUT2D eigenvalue weighted by atomic mass is 10.0. The van der Waals surface area contributed by atoms with Crippen molar-refractivity contribution in [1.82, 2.24) is 4.90 Å². The fraction of sp³-hybridized carbons (Fsp3) is 0.818. The van der Waals surface area contributed by atoms with E-state index in [4.69, 9.17) is 9.84 Å². The molecule has 1 fully saturated rings. The molecular formula is C11H19NO5. The van der Waals surface area contributed by atoms with Gasteiger partial charge in [0.05, 0.1) is 12.1 Å². The number of aliphatic carboxylic acids is 1. The first-order valence-corrected chi connectivity index (χ1v) is 5.54. The topological polar surface area (TPSA) is 87.1 Å². The normalized spacial score (nSPS) is 29.2. The van der Waals surface area contributed by atoms with Gasteiger partial charge in [-0.25, -0.2) is 4.79 Å². The van der Waals surface area contributed by atoms with E-state index >= 15 is 0 Å². The minimum absolute atomic E-state index is 0.0212. The Kier molecular flexibility index (Phi) is 3.66. The van der Waals surface area contributed by atoms with E-state index in [9.17, 15) is 14.7 Å². The van der Waals surface area contributed by atoms with Crippen molar-refractivity contribution in [1.29, 1.82) is 0 Å². The third-order valence-corrected chi connectivity index (χ3v) is 2.74. The van der Waals surface area contributed by atoms with Crippen molar-refractivity contribution in [2.45, 2.75) is 45.4 Å². The average molecular weight is 245 g/mol. The van der Waals surface area contributed by atoms with Gasteiger partial charge < -0.3 is 19.8 Å². The molecule has 0 aliphatic carbocycles. The molecule has 3 atom stereocenters. The summed E-state index contributed by atoms with van der Waals surface area (Å²) >= 11 is 0. The van der Waals surface area contributed by atoms with Crippen LogP contribution in [0.1, 0.15) is 27.7 Å². The summed E-state index contributed by atoms with van der Waals surface area (Å²) < 4.78 is 5.15. The van der Waals surface area contributed by atoms with Gasteiger partial charge in [0.1, 0.15) is 11.5 Å². The van der Waals surface area contributed by atoms with Gasteiger partial charge in [0.25, 0.3) is 0 Å². The molecule has 0 aromatic carbocycles. The molecule has 1 aliphatic rings. The number of aliphatic hydroxyl groups is 1. The Bertz CT molecular complexity index is 322. The Morgan fingerprint density at radius 1 is 1.35 bits per heavy atom.